The number of esters is 1. The van der Waals surface area contributed by atoms with E-state index in [1.165, 1.54) is 0 Å². The Morgan fingerprint density at radius 2 is 2.08 bits per heavy atom. The molecule has 0 fully saturated rings. The second-order valence-corrected chi connectivity index (χ2v) is 2.53. The molecule has 4 nitrogen and oxygen atoms in total. The van der Waals surface area contributed by atoms with Gasteiger partial charge in [0.15, 0.2) is 5.92 Å². The second kappa shape index (κ2) is 5.15. The van der Waals surface area contributed by atoms with Crippen molar-refractivity contribution in [2.24, 2.45) is 5.92 Å². The van der Waals surface area contributed by atoms with Crippen LogP contribution in [-0.4, -0.2) is 12.1 Å². The van der Waals surface area contributed by atoms with Crippen LogP contribution in [0.3, 0.4) is 0 Å². The number of ether oxygens (including phenoxy) is 1. The Bertz CT molecular complexity index is 234. The third-order valence-electron chi connectivity index (χ3n) is 1.09. The van der Waals surface area contributed by atoms with Gasteiger partial charge in [0, 0.05) is 0 Å². The number of nitriles is 2. The molecule has 0 saturated carbocycles. The number of nitrogens with zero attached hydrogens (tertiary/aromatic N) is 2. The molecule has 0 spiro atoms. The lowest BCUT2D eigenvalue weighted by atomic mass is 10.1. The van der Waals surface area contributed by atoms with Gasteiger partial charge >= 0.3 is 5.97 Å². The van der Waals surface area contributed by atoms with Crippen molar-refractivity contribution in [1.82, 2.24) is 0 Å². The van der Waals surface area contributed by atoms with Crippen molar-refractivity contribution in [1.29, 1.82) is 10.5 Å². The quantitative estimate of drug-likeness (QED) is 0.586. The molecule has 0 aromatic heterocycles. The van der Waals surface area contributed by atoms with Crippen molar-refractivity contribution in [3.8, 4) is 12.1 Å². The average Bonchev–Trinajstić information content (AvgIpc) is 1.98. The smallest absolute Gasteiger partial charge is 0.324 e. The Hall–Kier alpha value is -1.55. The number of carbonyl (C=O) groups excluding carboxylic acids is 1. The van der Waals surface area contributed by atoms with Crippen LogP contribution < -0.4 is 0 Å². The van der Waals surface area contributed by atoms with Gasteiger partial charge in [-0.3, -0.25) is 4.79 Å². The predicted octanol–water partition coefficient (Wildman–Crippen LogP) is 0.991. The number of hydrogen-bond acceptors (Lipinski definition) is 4. The fourth-order valence-corrected chi connectivity index (χ4v) is 0.587. The molecule has 0 N–H and O–H groups in total. The molecular formula is C8H10N2O2. The lowest BCUT2D eigenvalue weighted by Crippen LogP contribution is -2.19. The summed E-state index contributed by atoms with van der Waals surface area (Å²) >= 11 is 0. The summed E-state index contributed by atoms with van der Waals surface area (Å²) in [6, 6.07) is 3.46. The molecule has 0 bridgehead atoms. The maximum Gasteiger partial charge on any atom is 0.324 e. The highest BCUT2D eigenvalue weighted by molar-refractivity contribution is 5.75. The Labute approximate surface area is 71.4 Å². The zero-order valence-electron chi connectivity index (χ0n) is 7.07. The summed E-state index contributed by atoms with van der Waals surface area (Å²) in [6.45, 7) is 3.39. The van der Waals surface area contributed by atoms with Gasteiger partial charge in [-0.25, -0.2) is 0 Å². The molecule has 0 amide bonds. The molecule has 1 atom stereocenters. The summed E-state index contributed by atoms with van der Waals surface area (Å²) in [5, 5.41) is 16.7. The predicted molar refractivity (Wildman–Crippen MR) is 40.6 cm³/mol. The van der Waals surface area contributed by atoms with Gasteiger partial charge in [-0.2, -0.15) is 10.5 Å². The summed E-state index contributed by atoms with van der Waals surface area (Å²) in [7, 11) is 0. The molecule has 0 heterocycles. The minimum absolute atomic E-state index is 0.109. The average molecular weight is 166 g/mol. The zero-order chi connectivity index (χ0) is 9.56. The Morgan fingerprint density at radius 1 is 1.50 bits per heavy atom. The van der Waals surface area contributed by atoms with E-state index in [9.17, 15) is 4.79 Å². The molecule has 64 valence electrons. The Kier molecular flexibility index (Phi) is 4.48. The molecular weight excluding hydrogens is 156 g/mol. The molecule has 0 aromatic rings. The van der Waals surface area contributed by atoms with E-state index < -0.39 is 11.9 Å². The largest absolute Gasteiger partial charge is 0.462 e. The van der Waals surface area contributed by atoms with Crippen LogP contribution in [0.4, 0.5) is 0 Å². The van der Waals surface area contributed by atoms with Gasteiger partial charge in [0.05, 0.1) is 24.7 Å². The van der Waals surface area contributed by atoms with Crippen LogP contribution in [0.15, 0.2) is 0 Å². The first kappa shape index (κ1) is 10.4. The van der Waals surface area contributed by atoms with E-state index >= 15 is 0 Å². The van der Waals surface area contributed by atoms with Gasteiger partial charge in [-0.05, 0) is 13.8 Å². The third-order valence-corrected chi connectivity index (χ3v) is 1.09. The Balaban J connectivity index is 4.08. The maximum atomic E-state index is 11.0. The van der Waals surface area contributed by atoms with Crippen LogP contribution in [0.5, 0.6) is 0 Å². The lowest BCUT2D eigenvalue weighted by molar-refractivity contribution is -0.150. The summed E-state index contributed by atoms with van der Waals surface area (Å²) in [5.41, 5.74) is 0. The van der Waals surface area contributed by atoms with Crippen molar-refractivity contribution in [3.05, 3.63) is 0 Å². The standard InChI is InChI=1S/C8H10N2O2/c1-6(2)12-8(11)7(5-10)3-4-9/h6-7H,3H2,1-2H3. The first-order chi connectivity index (χ1) is 5.61. The zero-order valence-corrected chi connectivity index (χ0v) is 7.07. The molecule has 0 aliphatic carbocycles. The summed E-state index contributed by atoms with van der Waals surface area (Å²) in [4.78, 5) is 11.0. The molecule has 0 radical (unpaired) electrons. The van der Waals surface area contributed by atoms with E-state index in [1.807, 2.05) is 0 Å². The molecule has 12 heavy (non-hydrogen) atoms. The molecule has 1 unspecified atom stereocenters. The van der Waals surface area contributed by atoms with E-state index in [1.54, 1.807) is 26.0 Å². The fourth-order valence-electron chi connectivity index (χ4n) is 0.587. The second-order valence-electron chi connectivity index (χ2n) is 2.53. The topological polar surface area (TPSA) is 73.9 Å². The first-order valence-electron chi connectivity index (χ1n) is 3.59. The lowest BCUT2D eigenvalue weighted by Gasteiger charge is -2.08. The molecule has 0 aliphatic heterocycles. The molecule has 0 saturated heterocycles. The SMILES string of the molecule is CC(C)OC(=O)C(C#N)CC#N. The van der Waals surface area contributed by atoms with Crippen molar-refractivity contribution < 1.29 is 9.53 Å². The molecule has 0 aromatic carbocycles. The highest BCUT2D eigenvalue weighted by Crippen LogP contribution is 2.04. The molecule has 0 aliphatic rings. The minimum Gasteiger partial charge on any atom is -0.462 e. The first-order valence-corrected chi connectivity index (χ1v) is 3.59. The van der Waals surface area contributed by atoms with Crippen LogP contribution in [0, 0.1) is 28.6 Å². The fraction of sp³-hybridized carbons (Fsp3) is 0.625. The van der Waals surface area contributed by atoms with Crippen LogP contribution in [-0.2, 0) is 9.53 Å². The minimum atomic E-state index is -0.947. The monoisotopic (exact) mass is 166 g/mol. The van der Waals surface area contributed by atoms with Gasteiger partial charge in [0.25, 0.3) is 0 Å². The maximum absolute atomic E-state index is 11.0. The van der Waals surface area contributed by atoms with Crippen LogP contribution in [0.2, 0.25) is 0 Å². The van der Waals surface area contributed by atoms with Crippen molar-refractivity contribution >= 4 is 5.97 Å². The molecule has 4 heteroatoms. The van der Waals surface area contributed by atoms with Gasteiger partial charge in [-0.1, -0.05) is 0 Å². The van der Waals surface area contributed by atoms with Crippen molar-refractivity contribution in [3.63, 3.8) is 0 Å². The summed E-state index contributed by atoms with van der Waals surface area (Å²) in [5.74, 6) is -1.56. The van der Waals surface area contributed by atoms with Crippen LogP contribution in [0.25, 0.3) is 0 Å². The van der Waals surface area contributed by atoms with E-state index in [-0.39, 0.29) is 12.5 Å². The van der Waals surface area contributed by atoms with Gasteiger partial charge < -0.3 is 4.74 Å². The van der Waals surface area contributed by atoms with E-state index in [2.05, 4.69) is 0 Å². The van der Waals surface area contributed by atoms with Crippen LogP contribution >= 0.6 is 0 Å². The highest BCUT2D eigenvalue weighted by Gasteiger charge is 2.19. The highest BCUT2D eigenvalue weighted by atomic mass is 16.5. The molecule has 0 rings (SSSR count). The number of carbonyl (C=O) groups is 1. The third kappa shape index (κ3) is 3.58. The van der Waals surface area contributed by atoms with Gasteiger partial charge in [0.2, 0.25) is 0 Å². The van der Waals surface area contributed by atoms with Crippen LogP contribution in [0.1, 0.15) is 20.3 Å². The van der Waals surface area contributed by atoms with Gasteiger partial charge in [-0.15, -0.1) is 0 Å². The van der Waals surface area contributed by atoms with Gasteiger partial charge in [0.1, 0.15) is 0 Å². The summed E-state index contributed by atoms with van der Waals surface area (Å²) < 4.78 is 4.74. The van der Waals surface area contributed by atoms with E-state index in [0.29, 0.717) is 0 Å². The van der Waals surface area contributed by atoms with Crippen molar-refractivity contribution in [2.45, 2.75) is 26.4 Å². The number of rotatable bonds is 3. The summed E-state index contributed by atoms with van der Waals surface area (Å²) in [6.07, 6.45) is -0.353. The van der Waals surface area contributed by atoms with E-state index in [4.69, 9.17) is 15.3 Å². The number of hydrogen-bond donors (Lipinski definition) is 0. The normalized spacial score (nSPS) is 11.4. The Morgan fingerprint density at radius 3 is 2.42 bits per heavy atom. The van der Waals surface area contributed by atoms with Crippen molar-refractivity contribution in [2.75, 3.05) is 0 Å². The van der Waals surface area contributed by atoms with E-state index in [0.717, 1.165) is 0 Å².